The molecule has 4 heteroatoms. The van der Waals surface area contributed by atoms with Crippen molar-refractivity contribution in [2.24, 2.45) is 0 Å². The van der Waals surface area contributed by atoms with Crippen molar-refractivity contribution >= 4 is 19.7 Å². The maximum absolute atomic E-state index is 10.8. The summed E-state index contributed by atoms with van der Waals surface area (Å²) in [5, 5.41) is 0. The third-order valence-electron chi connectivity index (χ3n) is 2.52. The zero-order valence-electron chi connectivity index (χ0n) is 12.6. The Bertz CT molecular complexity index is 192. The first-order valence-electron chi connectivity index (χ1n) is 6.95. The zero-order chi connectivity index (χ0) is 14.4. The molecular formula is C14H29O3P. The van der Waals surface area contributed by atoms with Gasteiger partial charge < -0.3 is 4.74 Å². The van der Waals surface area contributed by atoms with E-state index in [2.05, 4.69) is 25.5 Å². The number of hydrogen-bond donors (Lipinski definition) is 0. The maximum Gasteiger partial charge on any atom is 0.313 e. The average Bonchev–Trinajstić information content (AvgIpc) is 2.32. The van der Waals surface area contributed by atoms with Gasteiger partial charge in [-0.05, 0) is 31.8 Å². The van der Waals surface area contributed by atoms with Crippen LogP contribution in [-0.4, -0.2) is 36.8 Å². The summed E-state index contributed by atoms with van der Waals surface area (Å²) in [5.74, 6) is -0.447. The fourth-order valence-electron chi connectivity index (χ4n) is 1.41. The van der Waals surface area contributed by atoms with E-state index < -0.39 is 5.97 Å². The highest BCUT2D eigenvalue weighted by molar-refractivity contribution is 7.57. The molecule has 3 nitrogen and oxygen atoms in total. The van der Waals surface area contributed by atoms with Gasteiger partial charge in [0.2, 0.25) is 0 Å². The van der Waals surface area contributed by atoms with E-state index in [-0.39, 0.29) is 12.2 Å². The van der Waals surface area contributed by atoms with Crippen LogP contribution >= 0.6 is 7.92 Å². The second-order valence-corrected chi connectivity index (χ2v) is 7.13. The molecule has 18 heavy (non-hydrogen) atoms. The molecular weight excluding hydrogens is 247 g/mol. The number of rotatable bonds is 8. The number of ketones is 1. The summed E-state index contributed by atoms with van der Waals surface area (Å²) in [6.45, 7) is 10.8. The fraction of sp³-hybridized carbons (Fsp3) is 0.857. The van der Waals surface area contributed by atoms with Crippen molar-refractivity contribution in [2.75, 3.05) is 25.1 Å². The van der Waals surface area contributed by atoms with Crippen LogP contribution in [0.4, 0.5) is 0 Å². The Morgan fingerprint density at radius 3 is 1.72 bits per heavy atom. The summed E-state index contributed by atoms with van der Waals surface area (Å²) >= 11 is 0. The minimum absolute atomic E-state index is 0.0362. The number of esters is 1. The highest BCUT2D eigenvalue weighted by atomic mass is 31.1. The molecule has 0 aromatic carbocycles. The molecule has 0 spiro atoms. The van der Waals surface area contributed by atoms with Crippen LogP contribution in [-0.2, 0) is 14.3 Å². The van der Waals surface area contributed by atoms with Crippen LogP contribution in [0.2, 0.25) is 0 Å². The normalized spacial score (nSPS) is 9.67. The Morgan fingerprint density at radius 2 is 1.44 bits per heavy atom. The van der Waals surface area contributed by atoms with Gasteiger partial charge >= 0.3 is 5.97 Å². The molecule has 108 valence electrons. The zero-order valence-corrected chi connectivity index (χ0v) is 13.5. The molecule has 0 aliphatic heterocycles. The molecule has 0 amide bonds. The molecule has 0 saturated carbocycles. The molecule has 0 unspecified atom stereocenters. The summed E-state index contributed by atoms with van der Waals surface area (Å²) in [6.07, 6.45) is 5.45. The SMILES string of the molecule is CCCC(=O)CC(=O)OCC.CCP(CC)CC. The first-order valence-corrected chi connectivity index (χ1v) is 8.84. The lowest BCUT2D eigenvalue weighted by Gasteiger charge is -2.07. The average molecular weight is 276 g/mol. The van der Waals surface area contributed by atoms with E-state index in [1.807, 2.05) is 6.92 Å². The second-order valence-electron chi connectivity index (χ2n) is 3.89. The topological polar surface area (TPSA) is 43.4 Å². The van der Waals surface area contributed by atoms with Crippen molar-refractivity contribution in [3.05, 3.63) is 0 Å². The largest absolute Gasteiger partial charge is 0.466 e. The van der Waals surface area contributed by atoms with Crippen LogP contribution in [0.3, 0.4) is 0 Å². The fourth-order valence-corrected chi connectivity index (χ4v) is 2.75. The Hall–Kier alpha value is -0.430. The van der Waals surface area contributed by atoms with E-state index in [1.165, 1.54) is 18.5 Å². The molecule has 0 aliphatic rings. The van der Waals surface area contributed by atoms with Gasteiger partial charge in [-0.3, -0.25) is 9.59 Å². The van der Waals surface area contributed by atoms with E-state index in [1.54, 1.807) is 6.92 Å². The van der Waals surface area contributed by atoms with Crippen molar-refractivity contribution in [3.8, 4) is 0 Å². The lowest BCUT2D eigenvalue weighted by atomic mass is 10.2. The molecule has 0 heterocycles. The Morgan fingerprint density at radius 1 is 0.944 bits per heavy atom. The van der Waals surface area contributed by atoms with Gasteiger partial charge in [-0.1, -0.05) is 27.7 Å². The summed E-state index contributed by atoms with van der Waals surface area (Å²) in [5.41, 5.74) is 0. The first kappa shape index (κ1) is 19.9. The molecule has 0 N–H and O–H groups in total. The smallest absolute Gasteiger partial charge is 0.313 e. The lowest BCUT2D eigenvalue weighted by molar-refractivity contribution is -0.145. The highest BCUT2D eigenvalue weighted by Crippen LogP contribution is 2.32. The summed E-state index contributed by atoms with van der Waals surface area (Å²) in [4.78, 5) is 21.5. The van der Waals surface area contributed by atoms with Gasteiger partial charge in [0.15, 0.2) is 0 Å². The maximum atomic E-state index is 10.8. The second kappa shape index (κ2) is 14.6. The molecule has 0 radical (unpaired) electrons. The molecule has 0 rings (SSSR count). The van der Waals surface area contributed by atoms with Gasteiger partial charge in [0.25, 0.3) is 0 Å². The van der Waals surface area contributed by atoms with Crippen LogP contribution < -0.4 is 0 Å². The Balaban J connectivity index is 0. The number of Topliss-reactive ketones (excluding diaryl/α,β-unsaturated/α-hetero) is 1. The van der Waals surface area contributed by atoms with E-state index in [0.29, 0.717) is 20.9 Å². The van der Waals surface area contributed by atoms with E-state index in [4.69, 9.17) is 0 Å². The van der Waals surface area contributed by atoms with Crippen molar-refractivity contribution in [2.45, 2.75) is 53.9 Å². The summed E-state index contributed by atoms with van der Waals surface area (Å²) < 4.78 is 4.60. The Labute approximate surface area is 113 Å². The molecule has 0 aliphatic carbocycles. The lowest BCUT2D eigenvalue weighted by Crippen LogP contribution is -2.10. The van der Waals surface area contributed by atoms with Crippen molar-refractivity contribution < 1.29 is 14.3 Å². The van der Waals surface area contributed by atoms with E-state index >= 15 is 0 Å². The third kappa shape index (κ3) is 13.6. The van der Waals surface area contributed by atoms with Crippen LogP contribution in [0.15, 0.2) is 0 Å². The van der Waals surface area contributed by atoms with Gasteiger partial charge in [-0.2, -0.15) is 0 Å². The molecule has 0 bridgehead atoms. The number of carbonyl (C=O) groups excluding carboxylic acids is 2. The predicted octanol–water partition coefficient (Wildman–Crippen LogP) is 3.84. The third-order valence-corrected chi connectivity index (χ3v) is 5.20. The number of ether oxygens (including phenoxy) is 1. The van der Waals surface area contributed by atoms with Crippen molar-refractivity contribution in [1.82, 2.24) is 0 Å². The number of hydrogen-bond acceptors (Lipinski definition) is 3. The van der Waals surface area contributed by atoms with Crippen LogP contribution in [0.25, 0.3) is 0 Å². The number of carbonyl (C=O) groups is 2. The molecule has 0 saturated heterocycles. The standard InChI is InChI=1S/C8H14O3.C6H15P/c1-3-5-7(9)6-8(10)11-4-2;1-4-7(5-2)6-3/h3-6H2,1-2H3;4-6H2,1-3H3. The van der Waals surface area contributed by atoms with E-state index in [9.17, 15) is 9.59 Å². The van der Waals surface area contributed by atoms with Gasteiger partial charge in [0.1, 0.15) is 12.2 Å². The van der Waals surface area contributed by atoms with Crippen LogP contribution in [0.1, 0.15) is 53.9 Å². The molecule has 0 fully saturated rings. The highest BCUT2D eigenvalue weighted by Gasteiger charge is 2.08. The van der Waals surface area contributed by atoms with Crippen LogP contribution in [0, 0.1) is 0 Å². The minimum Gasteiger partial charge on any atom is -0.466 e. The quantitative estimate of drug-likeness (QED) is 0.384. The molecule has 0 atom stereocenters. The predicted molar refractivity (Wildman–Crippen MR) is 79.7 cm³/mol. The summed E-state index contributed by atoms with van der Waals surface area (Å²) in [7, 11) is 0.446. The molecule has 0 aromatic rings. The van der Waals surface area contributed by atoms with Crippen LogP contribution in [0.5, 0.6) is 0 Å². The van der Waals surface area contributed by atoms with Gasteiger partial charge in [-0.15, -0.1) is 7.92 Å². The first-order chi connectivity index (χ1) is 8.55. The minimum atomic E-state index is -0.411. The van der Waals surface area contributed by atoms with Crippen molar-refractivity contribution in [3.63, 3.8) is 0 Å². The summed E-state index contributed by atoms with van der Waals surface area (Å²) in [6, 6.07) is 0. The molecule has 0 aromatic heterocycles. The van der Waals surface area contributed by atoms with E-state index in [0.717, 1.165) is 6.42 Å². The monoisotopic (exact) mass is 276 g/mol. The van der Waals surface area contributed by atoms with Gasteiger partial charge in [-0.25, -0.2) is 0 Å². The van der Waals surface area contributed by atoms with Gasteiger partial charge in [0, 0.05) is 6.42 Å². The van der Waals surface area contributed by atoms with Gasteiger partial charge in [0.05, 0.1) is 6.61 Å². The Kier molecular flexibility index (Phi) is 16.2. The van der Waals surface area contributed by atoms with Crippen molar-refractivity contribution in [1.29, 1.82) is 0 Å².